The van der Waals surface area contributed by atoms with Crippen LogP contribution in [0.25, 0.3) is 0 Å². The monoisotopic (exact) mass is 590 g/mol. The van der Waals surface area contributed by atoms with Crippen molar-refractivity contribution in [1.82, 2.24) is 10.2 Å². The lowest BCUT2D eigenvalue weighted by Gasteiger charge is -2.56. The summed E-state index contributed by atoms with van der Waals surface area (Å²) < 4.78 is 11.1. The minimum Gasteiger partial charge on any atom is -0.504 e. The second kappa shape index (κ2) is 13.0. The normalized spacial score (nSPS) is 26.5. The number of unbranched alkanes of at least 4 members (excludes halogenated alkanes) is 2. The molecule has 8 heteroatoms. The van der Waals surface area contributed by atoms with Gasteiger partial charge in [0, 0.05) is 35.9 Å². The summed E-state index contributed by atoms with van der Waals surface area (Å²) in [5.41, 5.74) is 3.20. The van der Waals surface area contributed by atoms with Crippen molar-refractivity contribution in [3.63, 3.8) is 0 Å². The van der Waals surface area contributed by atoms with Crippen molar-refractivity contribution in [3.05, 3.63) is 71.3 Å². The van der Waals surface area contributed by atoms with E-state index in [0.717, 1.165) is 44.2 Å². The van der Waals surface area contributed by atoms with Crippen LogP contribution in [-0.2, 0) is 23.2 Å². The van der Waals surface area contributed by atoms with Gasteiger partial charge in [0.05, 0.1) is 7.11 Å². The molecule has 1 fully saturated rings. The maximum Gasteiger partial charge on any atom is 0.220 e. The number of carbonyl (C=O) groups is 1. The van der Waals surface area contributed by atoms with Crippen LogP contribution < -0.4 is 14.8 Å². The lowest BCUT2D eigenvalue weighted by molar-refractivity contribution is -0.121. The summed E-state index contributed by atoms with van der Waals surface area (Å²) in [7, 11) is 3.69. The molecular weight excluding hydrogens is 544 g/mol. The Hall–Kier alpha value is -3.49. The van der Waals surface area contributed by atoms with E-state index in [4.69, 9.17) is 9.47 Å². The predicted molar refractivity (Wildman–Crippen MR) is 167 cm³/mol. The molecule has 0 radical (unpaired) electrons. The Morgan fingerprint density at radius 2 is 1.98 bits per heavy atom. The molecule has 2 aliphatic carbocycles. The Bertz CT molecular complexity index is 1370. The third kappa shape index (κ3) is 6.13. The molecule has 0 aromatic heterocycles. The Labute approximate surface area is 255 Å². The van der Waals surface area contributed by atoms with Crippen LogP contribution in [0.2, 0.25) is 0 Å². The van der Waals surface area contributed by atoms with E-state index in [1.165, 1.54) is 18.2 Å². The molecule has 8 nitrogen and oxygen atoms in total. The molecule has 43 heavy (non-hydrogen) atoms. The number of piperidine rings is 1. The number of aromatic hydroxyl groups is 2. The highest BCUT2D eigenvalue weighted by molar-refractivity contribution is 5.75. The van der Waals surface area contributed by atoms with E-state index in [9.17, 15) is 20.1 Å². The number of likely N-dealkylation sites (tertiary alicyclic amines) is 1. The number of phenolic OH excluding ortho intramolecular Hbond substituents is 2. The van der Waals surface area contributed by atoms with Crippen molar-refractivity contribution in [2.75, 3.05) is 20.7 Å². The topological polar surface area (TPSA) is 111 Å². The summed E-state index contributed by atoms with van der Waals surface area (Å²) in [4.78, 5) is 14.2. The van der Waals surface area contributed by atoms with Gasteiger partial charge in [-0.25, -0.2) is 0 Å². The van der Waals surface area contributed by atoms with Crippen molar-refractivity contribution >= 4 is 5.91 Å². The molecule has 4 aliphatic rings. The van der Waals surface area contributed by atoms with Gasteiger partial charge in [0.2, 0.25) is 5.91 Å². The number of nitrogens with one attached hydrogen (secondary N) is 1. The molecule has 4 N–H and O–H groups in total. The summed E-state index contributed by atoms with van der Waals surface area (Å²) in [6.07, 6.45) is 13.1. The van der Waals surface area contributed by atoms with Crippen molar-refractivity contribution in [2.45, 2.75) is 82.6 Å². The van der Waals surface area contributed by atoms with Crippen LogP contribution in [0, 0.1) is 11.8 Å². The van der Waals surface area contributed by atoms with Crippen LogP contribution in [0.3, 0.4) is 0 Å². The fourth-order valence-electron chi connectivity index (χ4n) is 7.28. The molecule has 232 valence electrons. The highest BCUT2D eigenvalue weighted by Crippen LogP contribution is 2.62. The molecule has 1 saturated heterocycles. The highest BCUT2D eigenvalue weighted by Gasteiger charge is 2.64. The van der Waals surface area contributed by atoms with Crippen molar-refractivity contribution in [2.24, 2.45) is 11.8 Å². The summed E-state index contributed by atoms with van der Waals surface area (Å²) in [5, 5.41) is 33.0. The maximum absolute atomic E-state index is 11.8. The van der Waals surface area contributed by atoms with Gasteiger partial charge in [0.25, 0.3) is 0 Å². The van der Waals surface area contributed by atoms with Crippen LogP contribution in [0.15, 0.2) is 54.6 Å². The lowest BCUT2D eigenvalue weighted by atomic mass is 9.53. The van der Waals surface area contributed by atoms with Crippen molar-refractivity contribution in [3.8, 4) is 23.0 Å². The number of nitrogens with zero attached hydrogens (tertiary/aromatic N) is 1. The van der Waals surface area contributed by atoms with Gasteiger partial charge in [-0.3, -0.25) is 4.79 Å². The first kappa shape index (κ1) is 31.0. The third-order valence-electron chi connectivity index (χ3n) is 9.43. The zero-order valence-corrected chi connectivity index (χ0v) is 25.8. The summed E-state index contributed by atoms with van der Waals surface area (Å²) in [5.74, 6) is 2.36. The SMILES string of the molecule is CN1CC[C@]23c4c5ccc(O)c4O[C@H]2[C@@H](O)C=C[C@H]3[C@H]1C5.COc1cc(CNC(=O)CCCC/C=C/C(C)C)ccc1O. The molecule has 6 rings (SSSR count). The van der Waals surface area contributed by atoms with Gasteiger partial charge in [-0.15, -0.1) is 0 Å². The molecule has 1 spiro atoms. The molecule has 0 saturated carbocycles. The number of benzene rings is 2. The number of hydrogen-bond acceptors (Lipinski definition) is 7. The maximum atomic E-state index is 11.8. The predicted octanol–water partition coefficient (Wildman–Crippen LogP) is 4.99. The molecule has 2 aromatic rings. The van der Waals surface area contributed by atoms with Crippen LogP contribution >= 0.6 is 0 Å². The Balaban J connectivity index is 0.000000171. The van der Waals surface area contributed by atoms with Crippen LogP contribution in [-0.4, -0.2) is 65.1 Å². The number of amides is 1. The van der Waals surface area contributed by atoms with Gasteiger partial charge in [0.1, 0.15) is 12.2 Å². The van der Waals surface area contributed by atoms with E-state index in [1.54, 1.807) is 24.3 Å². The minimum atomic E-state index is -0.594. The number of phenols is 2. The van der Waals surface area contributed by atoms with Gasteiger partial charge in [-0.2, -0.15) is 0 Å². The molecule has 5 atom stereocenters. The summed E-state index contributed by atoms with van der Waals surface area (Å²) in [6.45, 7) is 5.77. The number of ether oxygens (including phenoxy) is 2. The standard InChI is InChI=1S/C18H27NO3.C17H19NO3/c1-14(2)8-6-4-5-7-9-18(21)19-13-15-10-11-16(20)17(12-15)22-3;1-18-7-6-17-10-3-5-13(20)16(17)21-15-12(19)4-2-9(14(15)17)8-11(10)18/h6,8,10-12,14,20H,4-5,7,9,13H2,1-3H3,(H,19,21);2-5,10-11,13,16,19-20H,6-8H2,1H3/b8-6+;/t;10-,11+,13-,16-,17-/m.0/s1. The number of methoxy groups -OCH3 is 1. The van der Waals surface area contributed by atoms with E-state index >= 15 is 0 Å². The zero-order chi connectivity index (χ0) is 30.7. The highest BCUT2D eigenvalue weighted by atomic mass is 16.5. The lowest BCUT2D eigenvalue weighted by Crippen LogP contribution is -2.64. The Kier molecular flexibility index (Phi) is 9.37. The number of allylic oxidation sites excluding steroid dienone is 2. The fraction of sp³-hybridized carbons (Fsp3) is 0.514. The van der Waals surface area contributed by atoms with E-state index < -0.39 is 6.10 Å². The van der Waals surface area contributed by atoms with Crippen LogP contribution in [0.1, 0.15) is 62.6 Å². The molecule has 1 amide bonds. The fourth-order valence-corrected chi connectivity index (χ4v) is 7.28. The smallest absolute Gasteiger partial charge is 0.220 e. The van der Waals surface area contributed by atoms with E-state index in [0.29, 0.717) is 42.3 Å². The van der Waals surface area contributed by atoms with Crippen molar-refractivity contribution < 1.29 is 29.6 Å². The average Bonchev–Trinajstić information content (AvgIpc) is 3.35. The van der Waals surface area contributed by atoms with Gasteiger partial charge in [0.15, 0.2) is 23.0 Å². The second-order valence-corrected chi connectivity index (χ2v) is 12.6. The summed E-state index contributed by atoms with van der Waals surface area (Å²) >= 11 is 0. The number of carbonyl (C=O) groups excluding carboxylic acids is 1. The zero-order valence-electron chi connectivity index (χ0n) is 25.8. The Morgan fingerprint density at radius 1 is 1.19 bits per heavy atom. The van der Waals surface area contributed by atoms with Crippen LogP contribution in [0.4, 0.5) is 0 Å². The second-order valence-electron chi connectivity index (χ2n) is 12.6. The van der Waals surface area contributed by atoms with Gasteiger partial charge in [-0.05, 0) is 80.9 Å². The quantitative estimate of drug-likeness (QED) is 0.241. The van der Waals surface area contributed by atoms with Crippen molar-refractivity contribution in [1.29, 1.82) is 0 Å². The number of rotatable bonds is 9. The third-order valence-corrected chi connectivity index (χ3v) is 9.43. The van der Waals surface area contributed by atoms with Gasteiger partial charge in [-0.1, -0.05) is 50.3 Å². The van der Waals surface area contributed by atoms with E-state index in [2.05, 4.69) is 49.3 Å². The average molecular weight is 591 g/mol. The van der Waals surface area contributed by atoms with Gasteiger partial charge >= 0.3 is 0 Å². The first-order valence-electron chi connectivity index (χ1n) is 15.5. The first-order valence-corrected chi connectivity index (χ1v) is 15.5. The van der Waals surface area contributed by atoms with Gasteiger partial charge < -0.3 is 35.0 Å². The number of aliphatic hydroxyl groups is 1. The van der Waals surface area contributed by atoms with E-state index in [1.807, 2.05) is 12.1 Å². The number of hydrogen-bond donors (Lipinski definition) is 4. The number of likely N-dealkylation sites (N-methyl/N-ethyl adjacent to an activating group) is 1. The molecule has 2 bridgehead atoms. The molecule has 2 heterocycles. The van der Waals surface area contributed by atoms with Crippen LogP contribution in [0.5, 0.6) is 23.0 Å². The molecule has 0 unspecified atom stereocenters. The number of aliphatic hydroxyl groups excluding tert-OH is 1. The molecular formula is C35H46N2O6. The molecule has 2 aromatic carbocycles. The summed E-state index contributed by atoms with van der Waals surface area (Å²) in [6, 6.07) is 9.30. The molecule has 2 aliphatic heterocycles. The van der Waals surface area contributed by atoms with E-state index in [-0.39, 0.29) is 28.9 Å². The Morgan fingerprint density at radius 3 is 2.74 bits per heavy atom. The minimum absolute atomic E-state index is 0.0554. The largest absolute Gasteiger partial charge is 0.504 e. The first-order chi connectivity index (χ1) is 20.6.